The first kappa shape index (κ1) is 26.2. The monoisotopic (exact) mass is 597 g/mol. The molecule has 1 aliphatic carbocycles. The van der Waals surface area contributed by atoms with Crippen molar-refractivity contribution in [1.29, 1.82) is 0 Å². The Morgan fingerprint density at radius 3 is 2.63 bits per heavy atom. The molecule has 35 heavy (non-hydrogen) atoms. The van der Waals surface area contributed by atoms with Crippen molar-refractivity contribution < 1.29 is 22.3 Å². The van der Waals surface area contributed by atoms with Crippen molar-refractivity contribution in [2.45, 2.75) is 30.0 Å². The van der Waals surface area contributed by atoms with Crippen LogP contribution < -0.4 is 4.72 Å². The number of nitrogens with one attached hydrogen (secondary N) is 1. The van der Waals surface area contributed by atoms with E-state index < -0.39 is 28.6 Å². The van der Waals surface area contributed by atoms with E-state index in [1.165, 1.54) is 0 Å². The standard InChI is InChI=1S/C21H16Cl4FN3O4S2/c22-13-5-4-12(15(23)6-13)9-29-19-11(8-27-29)2-1-3-14(19)17(26)10-33-21(30)28-35(31,32)18-7-16(24)20(25)34-18/h4-8H,1-3,9-10H2,(H,28,30)/b17-14-. The molecule has 0 fully saturated rings. The molecule has 0 saturated carbocycles. The van der Waals surface area contributed by atoms with E-state index in [1.807, 2.05) is 0 Å². The molecule has 0 atom stereocenters. The highest BCUT2D eigenvalue weighted by Gasteiger charge is 2.26. The predicted octanol–water partition coefficient (Wildman–Crippen LogP) is 6.74. The fourth-order valence-electron chi connectivity index (χ4n) is 3.59. The molecule has 1 aromatic carbocycles. The number of amides is 1. The molecule has 0 aliphatic heterocycles. The predicted molar refractivity (Wildman–Crippen MR) is 135 cm³/mol. The van der Waals surface area contributed by atoms with E-state index in [2.05, 4.69) is 5.10 Å². The number of aryl methyl sites for hydroxylation is 1. The second-order valence-corrected chi connectivity index (χ2v) is 12.3. The maximum atomic E-state index is 15.2. The van der Waals surface area contributed by atoms with Crippen LogP contribution in [0, 0.1) is 0 Å². The molecule has 0 spiro atoms. The molecular formula is C21H16Cl4FN3O4S2. The van der Waals surface area contributed by atoms with Gasteiger partial charge in [0.1, 0.15) is 21.0 Å². The lowest BCUT2D eigenvalue weighted by atomic mass is 9.92. The first-order valence-corrected chi connectivity index (χ1v) is 13.9. The summed E-state index contributed by atoms with van der Waals surface area (Å²) in [5, 5.41) is 5.37. The van der Waals surface area contributed by atoms with Crippen molar-refractivity contribution >= 4 is 79.4 Å². The molecule has 186 valence electrons. The third-order valence-corrected chi connectivity index (χ3v) is 9.41. The summed E-state index contributed by atoms with van der Waals surface area (Å²) in [6.45, 7) is -0.470. The Hall–Kier alpha value is -1.82. The van der Waals surface area contributed by atoms with E-state index >= 15 is 4.39 Å². The van der Waals surface area contributed by atoms with E-state index in [4.69, 9.17) is 51.1 Å². The lowest BCUT2D eigenvalue weighted by molar-refractivity contribution is 0.156. The average Bonchev–Trinajstić information content (AvgIpc) is 3.37. The first-order chi connectivity index (χ1) is 16.5. The quantitative estimate of drug-likeness (QED) is 0.339. The Morgan fingerprint density at radius 2 is 1.94 bits per heavy atom. The largest absolute Gasteiger partial charge is 0.442 e. The summed E-state index contributed by atoms with van der Waals surface area (Å²) in [5.74, 6) is -0.704. The highest BCUT2D eigenvalue weighted by Crippen LogP contribution is 2.35. The van der Waals surface area contributed by atoms with Crippen LogP contribution in [0.5, 0.6) is 0 Å². The van der Waals surface area contributed by atoms with Crippen molar-refractivity contribution in [3.05, 3.63) is 72.5 Å². The molecule has 7 nitrogen and oxygen atoms in total. The molecule has 0 saturated heterocycles. The van der Waals surface area contributed by atoms with Crippen LogP contribution in [0.1, 0.15) is 29.7 Å². The molecule has 1 aliphatic rings. The Kier molecular flexibility index (Phi) is 7.99. The number of carbonyl (C=O) groups is 1. The molecule has 0 bridgehead atoms. The number of fused-ring (bicyclic) bond motifs is 1. The number of aromatic nitrogens is 2. The summed E-state index contributed by atoms with van der Waals surface area (Å²) in [5.41, 5.74) is 2.52. The van der Waals surface area contributed by atoms with E-state index in [-0.39, 0.29) is 20.1 Å². The van der Waals surface area contributed by atoms with Gasteiger partial charge in [0, 0.05) is 15.6 Å². The summed E-state index contributed by atoms with van der Waals surface area (Å²) in [4.78, 5) is 12.1. The number of thiophene rings is 1. The Morgan fingerprint density at radius 1 is 1.17 bits per heavy atom. The van der Waals surface area contributed by atoms with E-state index in [1.54, 1.807) is 33.8 Å². The van der Waals surface area contributed by atoms with Gasteiger partial charge in [-0.1, -0.05) is 52.5 Å². The maximum absolute atomic E-state index is 15.2. The Labute approximate surface area is 224 Å². The summed E-state index contributed by atoms with van der Waals surface area (Å²) in [7, 11) is -4.27. The highest BCUT2D eigenvalue weighted by molar-refractivity contribution is 7.92. The Balaban J connectivity index is 1.50. The van der Waals surface area contributed by atoms with Gasteiger partial charge < -0.3 is 4.74 Å². The molecule has 4 rings (SSSR count). The van der Waals surface area contributed by atoms with Crippen molar-refractivity contribution in [2.75, 3.05) is 6.61 Å². The number of ether oxygens (including phenoxy) is 1. The molecule has 2 heterocycles. The molecule has 2 aromatic heterocycles. The number of rotatable bonds is 6. The third-order valence-electron chi connectivity index (χ3n) is 5.17. The molecule has 1 amide bonds. The zero-order chi connectivity index (χ0) is 25.3. The van der Waals surface area contributed by atoms with Crippen LogP contribution in [0.25, 0.3) is 5.57 Å². The number of hydrogen-bond donors (Lipinski definition) is 1. The van der Waals surface area contributed by atoms with E-state index in [0.717, 1.165) is 17.2 Å². The second kappa shape index (κ2) is 10.7. The molecule has 14 heteroatoms. The van der Waals surface area contributed by atoms with Gasteiger partial charge in [-0.3, -0.25) is 4.68 Å². The minimum Gasteiger partial charge on any atom is -0.442 e. The van der Waals surface area contributed by atoms with Gasteiger partial charge >= 0.3 is 6.09 Å². The van der Waals surface area contributed by atoms with Gasteiger partial charge in [-0.2, -0.15) is 5.10 Å². The zero-order valence-corrected chi connectivity index (χ0v) is 22.3. The summed E-state index contributed by atoms with van der Waals surface area (Å²) in [6.07, 6.45) is 2.13. The van der Waals surface area contributed by atoms with E-state index in [0.29, 0.717) is 51.9 Å². The third kappa shape index (κ3) is 5.95. The van der Waals surface area contributed by atoms with Crippen LogP contribution in [-0.4, -0.2) is 30.9 Å². The summed E-state index contributed by atoms with van der Waals surface area (Å²) < 4.78 is 47.7. The molecule has 1 N–H and O–H groups in total. The average molecular weight is 599 g/mol. The van der Waals surface area contributed by atoms with Gasteiger partial charge in [0.2, 0.25) is 0 Å². The highest BCUT2D eigenvalue weighted by atomic mass is 35.5. The van der Waals surface area contributed by atoms with Crippen LogP contribution in [0.15, 0.2) is 40.5 Å². The smallest absolute Gasteiger partial charge is 0.421 e. The number of allylic oxidation sites excluding steroid dienone is 1. The lowest BCUT2D eigenvalue weighted by Gasteiger charge is -2.19. The molecule has 0 unspecified atom stereocenters. The van der Waals surface area contributed by atoms with Gasteiger partial charge in [0.05, 0.1) is 23.5 Å². The van der Waals surface area contributed by atoms with Crippen LogP contribution in [0.4, 0.5) is 9.18 Å². The minimum absolute atomic E-state index is 0.0331. The minimum atomic E-state index is -4.27. The van der Waals surface area contributed by atoms with Gasteiger partial charge in [0.25, 0.3) is 10.0 Å². The molecular weight excluding hydrogens is 583 g/mol. The SMILES string of the molecule is O=C(NS(=O)(=O)c1cc(Cl)c(Cl)s1)OC/C(F)=C1\CCCc2cnn(Cc3ccc(Cl)cc3Cl)c21. The van der Waals surface area contributed by atoms with Gasteiger partial charge in [0.15, 0.2) is 0 Å². The van der Waals surface area contributed by atoms with Crippen molar-refractivity contribution in [2.24, 2.45) is 0 Å². The van der Waals surface area contributed by atoms with Crippen molar-refractivity contribution in [1.82, 2.24) is 14.5 Å². The number of benzene rings is 1. The van der Waals surface area contributed by atoms with E-state index in [9.17, 15) is 13.2 Å². The van der Waals surface area contributed by atoms with Crippen LogP contribution in [0.2, 0.25) is 19.4 Å². The topological polar surface area (TPSA) is 90.3 Å². The van der Waals surface area contributed by atoms with Gasteiger partial charge in [-0.05, 0) is 48.6 Å². The molecule has 3 aromatic rings. The van der Waals surface area contributed by atoms with Crippen LogP contribution in [-0.2, 0) is 27.7 Å². The number of halogens is 5. The van der Waals surface area contributed by atoms with Gasteiger partial charge in [-0.15, -0.1) is 11.3 Å². The summed E-state index contributed by atoms with van der Waals surface area (Å²) >= 11 is 24.5. The summed E-state index contributed by atoms with van der Waals surface area (Å²) in [6, 6.07) is 6.19. The number of sulfonamides is 1. The fraction of sp³-hybridized carbons (Fsp3) is 0.238. The Bertz CT molecular complexity index is 1420. The van der Waals surface area contributed by atoms with Gasteiger partial charge in [-0.25, -0.2) is 22.3 Å². The fourth-order valence-corrected chi connectivity index (χ4v) is 6.83. The normalized spacial score (nSPS) is 15.0. The second-order valence-electron chi connectivity index (χ2n) is 7.52. The zero-order valence-electron chi connectivity index (χ0n) is 17.7. The van der Waals surface area contributed by atoms with Crippen LogP contribution in [0.3, 0.4) is 0 Å². The maximum Gasteiger partial charge on any atom is 0.421 e. The lowest BCUT2D eigenvalue weighted by Crippen LogP contribution is -2.31. The van der Waals surface area contributed by atoms with Crippen molar-refractivity contribution in [3.8, 4) is 0 Å². The molecule has 0 radical (unpaired) electrons. The van der Waals surface area contributed by atoms with Crippen LogP contribution >= 0.6 is 57.7 Å². The number of hydrogen-bond acceptors (Lipinski definition) is 6. The number of nitrogens with zero attached hydrogens (tertiary/aromatic N) is 2. The van der Waals surface area contributed by atoms with Crippen molar-refractivity contribution in [3.63, 3.8) is 0 Å². The number of carbonyl (C=O) groups excluding carboxylic acids is 1. The first-order valence-electron chi connectivity index (χ1n) is 10.1.